The highest BCUT2D eigenvalue weighted by molar-refractivity contribution is 6.29. The van der Waals surface area contributed by atoms with Crippen molar-refractivity contribution in [2.45, 2.75) is 82.1 Å². The van der Waals surface area contributed by atoms with Crippen LogP contribution < -0.4 is 5.32 Å². The van der Waals surface area contributed by atoms with Crippen molar-refractivity contribution in [1.82, 2.24) is 5.32 Å². The van der Waals surface area contributed by atoms with Crippen LogP contribution in [0.5, 0.6) is 0 Å². The molecule has 1 fully saturated rings. The van der Waals surface area contributed by atoms with Crippen molar-refractivity contribution in [3.63, 3.8) is 0 Å². The van der Waals surface area contributed by atoms with E-state index >= 15 is 0 Å². The van der Waals surface area contributed by atoms with Crippen molar-refractivity contribution >= 4 is 40.5 Å². The van der Waals surface area contributed by atoms with Crippen LogP contribution in [0.2, 0.25) is 0 Å². The van der Waals surface area contributed by atoms with Crippen LogP contribution >= 0.6 is 34.8 Å². The summed E-state index contributed by atoms with van der Waals surface area (Å²) in [6.07, 6.45) is 7.65. The minimum absolute atomic E-state index is 0.0846. The molecule has 128 valence electrons. The maximum Gasteiger partial charge on any atom is 0.0503 e. The van der Waals surface area contributed by atoms with Crippen molar-refractivity contribution in [2.24, 2.45) is 5.92 Å². The zero-order valence-corrected chi connectivity index (χ0v) is 16.1. The number of allylic oxidation sites excluding steroid dienone is 2. The summed E-state index contributed by atoms with van der Waals surface area (Å²) in [5.74, 6) is 0.368. The monoisotopic (exact) mass is 366 g/mol. The first-order valence-corrected chi connectivity index (χ1v) is 9.48. The van der Waals surface area contributed by atoms with Crippen molar-refractivity contribution in [3.05, 3.63) is 11.1 Å². The molecular weight excluding hydrogens is 339 g/mol. The molecular formula is C17H29Cl3N2. The van der Waals surface area contributed by atoms with Crippen molar-refractivity contribution in [2.75, 3.05) is 0 Å². The summed E-state index contributed by atoms with van der Waals surface area (Å²) in [5.41, 5.74) is 0.708. The SMILES string of the molecule is C/C=C(/Cl)C(C)CCC(CC(C)=N)NC1CCC(Cl)CC1Cl. The molecule has 0 radical (unpaired) electrons. The van der Waals surface area contributed by atoms with E-state index in [0.717, 1.165) is 43.6 Å². The van der Waals surface area contributed by atoms with E-state index in [0.29, 0.717) is 23.7 Å². The second kappa shape index (κ2) is 10.2. The van der Waals surface area contributed by atoms with Gasteiger partial charge < -0.3 is 10.7 Å². The molecule has 1 saturated carbocycles. The molecule has 1 aliphatic rings. The maximum absolute atomic E-state index is 7.80. The van der Waals surface area contributed by atoms with E-state index in [1.807, 2.05) is 19.9 Å². The molecule has 22 heavy (non-hydrogen) atoms. The van der Waals surface area contributed by atoms with Gasteiger partial charge in [0.05, 0.1) is 5.38 Å². The lowest BCUT2D eigenvalue weighted by Crippen LogP contribution is -2.47. The summed E-state index contributed by atoms with van der Waals surface area (Å²) >= 11 is 18.8. The number of rotatable bonds is 8. The molecule has 2 nitrogen and oxygen atoms in total. The second-order valence-corrected chi connectivity index (χ2v) is 8.15. The largest absolute Gasteiger partial charge is 0.310 e. The Morgan fingerprint density at radius 3 is 2.55 bits per heavy atom. The Hall–Kier alpha value is 0.240. The van der Waals surface area contributed by atoms with Gasteiger partial charge in [0.2, 0.25) is 0 Å². The molecule has 0 bridgehead atoms. The first-order valence-electron chi connectivity index (χ1n) is 8.23. The lowest BCUT2D eigenvalue weighted by atomic mass is 9.91. The molecule has 0 aromatic rings. The van der Waals surface area contributed by atoms with Crippen LogP contribution in [0.15, 0.2) is 11.1 Å². The summed E-state index contributed by atoms with van der Waals surface area (Å²) in [6, 6.07) is 0.591. The Bertz CT molecular complexity index is 384. The topological polar surface area (TPSA) is 35.9 Å². The van der Waals surface area contributed by atoms with Gasteiger partial charge in [0.1, 0.15) is 0 Å². The highest BCUT2D eigenvalue weighted by Crippen LogP contribution is 2.28. The van der Waals surface area contributed by atoms with Crippen LogP contribution in [0, 0.1) is 11.3 Å². The molecule has 1 aliphatic carbocycles. The number of halogens is 3. The Morgan fingerprint density at radius 1 is 1.32 bits per heavy atom. The molecule has 0 aromatic carbocycles. The van der Waals surface area contributed by atoms with Gasteiger partial charge in [0, 0.05) is 34.6 Å². The Labute approximate surface area is 150 Å². The third kappa shape index (κ3) is 7.21. The van der Waals surface area contributed by atoms with Gasteiger partial charge in [-0.05, 0) is 51.9 Å². The van der Waals surface area contributed by atoms with Gasteiger partial charge in [-0.15, -0.1) is 23.2 Å². The normalized spacial score (nSPS) is 29.2. The fourth-order valence-corrected chi connectivity index (χ4v) is 3.98. The number of hydrogen-bond acceptors (Lipinski definition) is 2. The Kier molecular flexibility index (Phi) is 9.38. The van der Waals surface area contributed by atoms with E-state index in [1.165, 1.54) is 0 Å². The summed E-state index contributed by atoms with van der Waals surface area (Å²) in [7, 11) is 0. The smallest absolute Gasteiger partial charge is 0.0503 e. The Morgan fingerprint density at radius 2 is 2.00 bits per heavy atom. The lowest BCUT2D eigenvalue weighted by Gasteiger charge is -2.34. The standard InChI is InChI=1S/C17H29Cl3N2/c1-4-15(19)11(2)5-7-14(9-12(3)21)22-17-8-6-13(18)10-16(17)20/h4,11,13-14,16-17,21-22H,5-10H2,1-3H3/b15-4+,21-12?. The molecule has 0 saturated heterocycles. The number of hydrogen-bond donors (Lipinski definition) is 2. The van der Waals surface area contributed by atoms with Crippen LogP contribution in [0.4, 0.5) is 0 Å². The fraction of sp³-hybridized carbons (Fsp3) is 0.824. The van der Waals surface area contributed by atoms with E-state index in [1.54, 1.807) is 0 Å². The molecule has 0 aliphatic heterocycles. The summed E-state index contributed by atoms with van der Waals surface area (Å²) < 4.78 is 0. The average Bonchev–Trinajstić information content (AvgIpc) is 2.45. The van der Waals surface area contributed by atoms with Crippen LogP contribution in [-0.4, -0.2) is 28.5 Å². The van der Waals surface area contributed by atoms with Gasteiger partial charge in [-0.2, -0.15) is 0 Å². The first kappa shape index (κ1) is 20.3. The maximum atomic E-state index is 7.80. The third-order valence-electron chi connectivity index (χ3n) is 4.41. The molecule has 0 amide bonds. The highest BCUT2D eigenvalue weighted by atomic mass is 35.5. The van der Waals surface area contributed by atoms with E-state index in [4.69, 9.17) is 40.2 Å². The molecule has 0 heterocycles. The zero-order valence-electron chi connectivity index (χ0n) is 13.8. The number of nitrogens with one attached hydrogen (secondary N) is 2. The molecule has 1 rings (SSSR count). The van der Waals surface area contributed by atoms with Crippen molar-refractivity contribution in [1.29, 1.82) is 5.41 Å². The van der Waals surface area contributed by atoms with Crippen molar-refractivity contribution in [3.8, 4) is 0 Å². The van der Waals surface area contributed by atoms with Gasteiger partial charge >= 0.3 is 0 Å². The minimum atomic E-state index is 0.0846. The molecule has 5 atom stereocenters. The van der Waals surface area contributed by atoms with E-state index in [2.05, 4.69) is 12.2 Å². The van der Waals surface area contributed by atoms with Gasteiger partial charge in [-0.25, -0.2) is 0 Å². The third-order valence-corrected chi connectivity index (χ3v) is 5.87. The summed E-state index contributed by atoms with van der Waals surface area (Å²) in [5, 5.41) is 12.7. The minimum Gasteiger partial charge on any atom is -0.310 e. The van der Waals surface area contributed by atoms with Crippen molar-refractivity contribution < 1.29 is 0 Å². The molecule has 0 spiro atoms. The predicted molar refractivity (Wildman–Crippen MR) is 99.9 cm³/mol. The van der Waals surface area contributed by atoms with Gasteiger partial charge in [0.15, 0.2) is 0 Å². The van der Waals surface area contributed by atoms with E-state index < -0.39 is 0 Å². The van der Waals surface area contributed by atoms with Crippen LogP contribution in [0.3, 0.4) is 0 Å². The van der Waals surface area contributed by atoms with Gasteiger partial charge in [-0.3, -0.25) is 0 Å². The molecule has 5 unspecified atom stereocenters. The molecule has 5 heteroatoms. The van der Waals surface area contributed by atoms with Gasteiger partial charge in [-0.1, -0.05) is 24.6 Å². The first-order chi connectivity index (χ1) is 10.3. The van der Waals surface area contributed by atoms with Crippen LogP contribution in [0.25, 0.3) is 0 Å². The highest BCUT2D eigenvalue weighted by Gasteiger charge is 2.29. The number of alkyl halides is 2. The van der Waals surface area contributed by atoms with Gasteiger partial charge in [0.25, 0.3) is 0 Å². The van der Waals surface area contributed by atoms with Crippen LogP contribution in [-0.2, 0) is 0 Å². The van der Waals surface area contributed by atoms with Crippen LogP contribution in [0.1, 0.15) is 59.3 Å². The zero-order chi connectivity index (χ0) is 16.7. The summed E-state index contributed by atoms with van der Waals surface area (Å²) in [4.78, 5) is 0. The average molecular weight is 368 g/mol. The fourth-order valence-electron chi connectivity index (χ4n) is 3.05. The quantitative estimate of drug-likeness (QED) is 0.419. The predicted octanol–water partition coefficient (Wildman–Crippen LogP) is 5.70. The van der Waals surface area contributed by atoms with E-state index in [9.17, 15) is 0 Å². The lowest BCUT2D eigenvalue weighted by molar-refractivity contribution is 0.329. The Balaban J connectivity index is 2.55. The summed E-state index contributed by atoms with van der Waals surface area (Å²) in [6.45, 7) is 5.99. The molecule has 2 N–H and O–H groups in total. The van der Waals surface area contributed by atoms with E-state index in [-0.39, 0.29) is 10.8 Å². The molecule has 0 aromatic heterocycles. The second-order valence-electron chi connectivity index (χ2n) is 6.53.